The minimum absolute atomic E-state index is 0.141. The number of hydrazone groups is 1. The van der Waals surface area contributed by atoms with Gasteiger partial charge in [-0.3, -0.25) is 9.59 Å². The summed E-state index contributed by atoms with van der Waals surface area (Å²) in [6.45, 7) is 7.52. The summed E-state index contributed by atoms with van der Waals surface area (Å²) in [5.41, 5.74) is 4.51. The lowest BCUT2D eigenvalue weighted by atomic mass is 10.1. The topological polar surface area (TPSA) is 70.6 Å². The van der Waals surface area contributed by atoms with Crippen molar-refractivity contribution in [2.75, 3.05) is 6.54 Å². The van der Waals surface area contributed by atoms with Crippen LogP contribution in [0, 0.1) is 6.92 Å². The maximum Gasteiger partial charge on any atom is 0.271 e. The van der Waals surface area contributed by atoms with Gasteiger partial charge in [0.2, 0.25) is 5.91 Å². The average Bonchev–Trinajstić information content (AvgIpc) is 2.42. The van der Waals surface area contributed by atoms with Crippen LogP contribution in [0.25, 0.3) is 0 Å². The minimum Gasteiger partial charge on any atom is -0.352 e. The molecule has 0 aromatic heterocycles. The monoisotopic (exact) mass is 273 g/mol. The average molecular weight is 273 g/mol. The second kappa shape index (κ2) is 7.89. The molecule has 5 heteroatoms. The number of rotatable bonds is 6. The third kappa shape index (κ3) is 5.48. The molecule has 1 aromatic rings. The second-order valence-electron chi connectivity index (χ2n) is 4.43. The van der Waals surface area contributed by atoms with Crippen LogP contribution >= 0.6 is 0 Å². The number of aryl methyl sites for hydroxylation is 1. The summed E-state index contributed by atoms with van der Waals surface area (Å²) >= 11 is 0. The van der Waals surface area contributed by atoms with Crippen LogP contribution in [-0.2, 0) is 4.79 Å². The second-order valence-corrected chi connectivity index (χ2v) is 4.43. The Balaban J connectivity index is 2.52. The van der Waals surface area contributed by atoms with Crippen LogP contribution in [0.15, 0.2) is 42.0 Å². The summed E-state index contributed by atoms with van der Waals surface area (Å²) in [7, 11) is 0. The molecule has 1 rings (SSSR count). The fourth-order valence-electron chi connectivity index (χ4n) is 1.52. The highest BCUT2D eigenvalue weighted by Gasteiger charge is 2.06. The predicted octanol–water partition coefficient (Wildman–Crippen LogP) is 1.79. The Morgan fingerprint density at radius 2 is 2.15 bits per heavy atom. The van der Waals surface area contributed by atoms with E-state index in [1.165, 1.54) is 0 Å². The molecule has 0 radical (unpaired) electrons. The first kappa shape index (κ1) is 15.6. The number of carbonyl (C=O) groups excluding carboxylic acids is 2. The van der Waals surface area contributed by atoms with Crippen molar-refractivity contribution in [2.24, 2.45) is 5.10 Å². The van der Waals surface area contributed by atoms with Gasteiger partial charge in [0.05, 0.1) is 6.42 Å². The molecule has 2 N–H and O–H groups in total. The maximum absolute atomic E-state index is 11.8. The predicted molar refractivity (Wildman–Crippen MR) is 79.6 cm³/mol. The minimum atomic E-state index is -0.292. The number of hydrogen-bond acceptors (Lipinski definition) is 3. The van der Waals surface area contributed by atoms with Crippen LogP contribution in [0.5, 0.6) is 0 Å². The Kier molecular flexibility index (Phi) is 6.16. The highest BCUT2D eigenvalue weighted by atomic mass is 16.2. The van der Waals surface area contributed by atoms with Crippen molar-refractivity contribution in [1.29, 1.82) is 0 Å². The molecule has 2 amide bonds. The Labute approximate surface area is 118 Å². The molecule has 0 aliphatic heterocycles. The van der Waals surface area contributed by atoms with Crippen LogP contribution in [0.3, 0.4) is 0 Å². The zero-order valence-corrected chi connectivity index (χ0v) is 11.8. The summed E-state index contributed by atoms with van der Waals surface area (Å²) < 4.78 is 0. The van der Waals surface area contributed by atoms with Crippen molar-refractivity contribution in [2.45, 2.75) is 20.3 Å². The summed E-state index contributed by atoms with van der Waals surface area (Å²) in [5, 5.41) is 6.55. The molecule has 0 atom stereocenters. The van der Waals surface area contributed by atoms with Gasteiger partial charge < -0.3 is 5.32 Å². The molecular weight excluding hydrogens is 254 g/mol. The highest BCUT2D eigenvalue weighted by Crippen LogP contribution is 2.03. The van der Waals surface area contributed by atoms with Gasteiger partial charge in [-0.1, -0.05) is 23.8 Å². The van der Waals surface area contributed by atoms with E-state index >= 15 is 0 Å². The van der Waals surface area contributed by atoms with Gasteiger partial charge in [-0.2, -0.15) is 5.10 Å². The molecule has 0 aliphatic rings. The smallest absolute Gasteiger partial charge is 0.271 e. The molecule has 1 aromatic carbocycles. The molecule has 0 unspecified atom stereocenters. The van der Waals surface area contributed by atoms with Gasteiger partial charge in [0.1, 0.15) is 0 Å². The van der Waals surface area contributed by atoms with Gasteiger partial charge >= 0.3 is 0 Å². The van der Waals surface area contributed by atoms with E-state index in [1.807, 2.05) is 19.1 Å². The van der Waals surface area contributed by atoms with E-state index in [0.29, 0.717) is 17.8 Å². The first-order valence-electron chi connectivity index (χ1n) is 6.30. The van der Waals surface area contributed by atoms with Crippen molar-refractivity contribution in [1.82, 2.24) is 10.7 Å². The summed E-state index contributed by atoms with van der Waals surface area (Å²) in [5.74, 6) is -0.449. The van der Waals surface area contributed by atoms with Crippen molar-refractivity contribution in [3.05, 3.63) is 48.0 Å². The molecule has 20 heavy (non-hydrogen) atoms. The molecule has 0 saturated heterocycles. The number of nitrogens with one attached hydrogen (secondary N) is 2. The van der Waals surface area contributed by atoms with Crippen LogP contribution in [0.1, 0.15) is 29.3 Å². The van der Waals surface area contributed by atoms with Gasteiger partial charge in [-0.05, 0) is 26.0 Å². The van der Waals surface area contributed by atoms with E-state index in [4.69, 9.17) is 0 Å². The van der Waals surface area contributed by atoms with Gasteiger partial charge in [0.25, 0.3) is 5.91 Å². The molecule has 0 bridgehead atoms. The molecule has 106 valence electrons. The zero-order chi connectivity index (χ0) is 15.0. The number of benzene rings is 1. The highest BCUT2D eigenvalue weighted by molar-refractivity contribution is 6.01. The first-order chi connectivity index (χ1) is 9.52. The van der Waals surface area contributed by atoms with E-state index in [1.54, 1.807) is 25.1 Å². The van der Waals surface area contributed by atoms with E-state index in [-0.39, 0.29) is 18.2 Å². The lowest BCUT2D eigenvalue weighted by Gasteiger charge is -2.04. The molecule has 5 nitrogen and oxygen atoms in total. The van der Waals surface area contributed by atoms with E-state index < -0.39 is 0 Å². The fourth-order valence-corrected chi connectivity index (χ4v) is 1.52. The van der Waals surface area contributed by atoms with Crippen LogP contribution in [-0.4, -0.2) is 24.1 Å². The molecule has 0 heterocycles. The van der Waals surface area contributed by atoms with Gasteiger partial charge in [0, 0.05) is 17.8 Å². The van der Waals surface area contributed by atoms with Crippen molar-refractivity contribution in [3.63, 3.8) is 0 Å². The van der Waals surface area contributed by atoms with Gasteiger partial charge in [-0.15, -0.1) is 6.58 Å². The van der Waals surface area contributed by atoms with E-state index in [0.717, 1.165) is 5.56 Å². The summed E-state index contributed by atoms with van der Waals surface area (Å²) in [6, 6.07) is 7.21. The number of amides is 2. The van der Waals surface area contributed by atoms with Crippen molar-refractivity contribution < 1.29 is 9.59 Å². The van der Waals surface area contributed by atoms with E-state index in [9.17, 15) is 9.59 Å². The third-order valence-electron chi connectivity index (χ3n) is 2.49. The zero-order valence-electron chi connectivity index (χ0n) is 11.8. The van der Waals surface area contributed by atoms with Crippen molar-refractivity contribution in [3.8, 4) is 0 Å². The standard InChI is InChI=1S/C15H19N3O2/c1-4-8-16-14(19)10-12(3)17-18-15(20)13-7-5-6-11(2)9-13/h4-7,9H,1,8,10H2,2-3H3,(H,16,19)(H,18,20). The first-order valence-corrected chi connectivity index (χ1v) is 6.30. The Morgan fingerprint density at radius 3 is 2.80 bits per heavy atom. The summed E-state index contributed by atoms with van der Waals surface area (Å²) in [6.07, 6.45) is 1.74. The van der Waals surface area contributed by atoms with Gasteiger partial charge in [0.15, 0.2) is 0 Å². The molecule has 0 spiro atoms. The Hall–Kier alpha value is -2.43. The molecule has 0 aliphatic carbocycles. The van der Waals surface area contributed by atoms with Crippen LogP contribution in [0.2, 0.25) is 0 Å². The van der Waals surface area contributed by atoms with Gasteiger partial charge in [-0.25, -0.2) is 5.43 Å². The number of hydrogen-bond donors (Lipinski definition) is 2. The maximum atomic E-state index is 11.8. The third-order valence-corrected chi connectivity index (χ3v) is 2.49. The lowest BCUT2D eigenvalue weighted by Crippen LogP contribution is -2.26. The SMILES string of the molecule is C=CCNC(=O)CC(C)=NNC(=O)c1cccc(C)c1. The quantitative estimate of drug-likeness (QED) is 0.471. The van der Waals surface area contributed by atoms with Crippen LogP contribution < -0.4 is 10.7 Å². The fraction of sp³-hybridized carbons (Fsp3) is 0.267. The normalized spacial score (nSPS) is 10.8. The molecular formula is C15H19N3O2. The Morgan fingerprint density at radius 1 is 1.40 bits per heavy atom. The Bertz CT molecular complexity index is 536. The summed E-state index contributed by atoms with van der Waals surface area (Å²) in [4.78, 5) is 23.2. The number of carbonyl (C=O) groups is 2. The largest absolute Gasteiger partial charge is 0.352 e. The molecule has 0 fully saturated rings. The van der Waals surface area contributed by atoms with E-state index in [2.05, 4.69) is 22.4 Å². The molecule has 0 saturated carbocycles. The van der Waals surface area contributed by atoms with Crippen LogP contribution in [0.4, 0.5) is 0 Å². The number of nitrogens with zero attached hydrogens (tertiary/aromatic N) is 1. The lowest BCUT2D eigenvalue weighted by molar-refractivity contribution is -0.119. The van der Waals surface area contributed by atoms with Crippen molar-refractivity contribution >= 4 is 17.5 Å².